The second-order valence-electron chi connectivity index (χ2n) is 5.00. The summed E-state index contributed by atoms with van der Waals surface area (Å²) in [5.74, 6) is -2.79. The van der Waals surface area contributed by atoms with Crippen molar-refractivity contribution in [3.63, 3.8) is 0 Å². The molecule has 1 aromatic carbocycles. The number of rotatable bonds is 4. The molecule has 2 rings (SSSR count). The number of esters is 2. The van der Waals surface area contributed by atoms with Crippen molar-refractivity contribution >= 4 is 29.4 Å². The second kappa shape index (κ2) is 7.71. The lowest BCUT2D eigenvalue weighted by Gasteiger charge is -2.26. The number of thioether (sulfide) groups is 1. The Kier molecular flexibility index (Phi) is 5.64. The van der Waals surface area contributed by atoms with E-state index in [2.05, 4.69) is 4.74 Å². The van der Waals surface area contributed by atoms with Crippen LogP contribution in [0.3, 0.4) is 0 Å². The van der Waals surface area contributed by atoms with Gasteiger partial charge in [-0.15, -0.1) is 0 Å². The molecule has 0 fully saturated rings. The van der Waals surface area contributed by atoms with Crippen LogP contribution in [0.1, 0.15) is 11.5 Å². The smallest absolute Gasteiger partial charge is 0.345 e. The molecule has 1 aliphatic heterocycles. The first-order valence-electron chi connectivity index (χ1n) is 7.08. The van der Waals surface area contributed by atoms with Crippen LogP contribution in [0.25, 0.3) is 0 Å². The van der Waals surface area contributed by atoms with Gasteiger partial charge >= 0.3 is 11.9 Å². The first-order valence-corrected chi connectivity index (χ1v) is 7.90. The standard InChI is InChI=1S/C16H13N3O6S/c1-24-15(20)12-11(8-4-3-5-9(6-8)19(22)23)10(7-17)14(18)26-13(12)16(21)25-2/h3-6,11H,18H2,1-2H3. The van der Waals surface area contributed by atoms with Gasteiger partial charge in [0.1, 0.15) is 4.91 Å². The number of ether oxygens (including phenoxy) is 2. The van der Waals surface area contributed by atoms with Crippen molar-refractivity contribution in [3.8, 4) is 6.07 Å². The summed E-state index contributed by atoms with van der Waals surface area (Å²) >= 11 is 0.718. The quantitative estimate of drug-likeness (QED) is 0.472. The molecule has 2 N–H and O–H groups in total. The third kappa shape index (κ3) is 3.38. The third-order valence-electron chi connectivity index (χ3n) is 3.61. The van der Waals surface area contributed by atoms with E-state index in [1.807, 2.05) is 6.07 Å². The molecular weight excluding hydrogens is 362 g/mol. The number of methoxy groups -OCH3 is 2. The van der Waals surface area contributed by atoms with Gasteiger partial charge in [0.2, 0.25) is 0 Å². The van der Waals surface area contributed by atoms with Crippen molar-refractivity contribution in [2.75, 3.05) is 14.2 Å². The first-order chi connectivity index (χ1) is 12.3. The number of carbonyl (C=O) groups excluding carboxylic acids is 2. The minimum Gasteiger partial charge on any atom is -0.466 e. The number of nitriles is 1. The van der Waals surface area contributed by atoms with E-state index in [1.54, 1.807) is 0 Å². The number of allylic oxidation sites excluding steroid dienone is 1. The zero-order valence-corrected chi connectivity index (χ0v) is 14.5. The normalized spacial score (nSPS) is 16.7. The van der Waals surface area contributed by atoms with E-state index in [9.17, 15) is 25.0 Å². The maximum Gasteiger partial charge on any atom is 0.345 e. The Morgan fingerprint density at radius 1 is 1.31 bits per heavy atom. The average molecular weight is 375 g/mol. The lowest BCUT2D eigenvalue weighted by molar-refractivity contribution is -0.384. The number of hydrogen-bond acceptors (Lipinski definition) is 9. The second-order valence-corrected chi connectivity index (χ2v) is 6.06. The monoisotopic (exact) mass is 375 g/mol. The van der Waals surface area contributed by atoms with E-state index < -0.39 is 22.8 Å². The van der Waals surface area contributed by atoms with Crippen molar-refractivity contribution in [2.24, 2.45) is 5.73 Å². The van der Waals surface area contributed by atoms with Crippen LogP contribution in [-0.4, -0.2) is 31.1 Å². The Bertz CT molecular complexity index is 899. The van der Waals surface area contributed by atoms with Crippen molar-refractivity contribution in [1.29, 1.82) is 5.26 Å². The fourth-order valence-corrected chi connectivity index (χ4v) is 3.44. The van der Waals surface area contributed by atoms with Gasteiger partial charge < -0.3 is 15.2 Å². The summed E-state index contributed by atoms with van der Waals surface area (Å²) in [5, 5.41) is 20.6. The van der Waals surface area contributed by atoms with E-state index in [0.29, 0.717) is 0 Å². The Morgan fingerprint density at radius 3 is 2.50 bits per heavy atom. The molecule has 0 radical (unpaired) electrons. The Hall–Kier alpha value is -3.32. The van der Waals surface area contributed by atoms with Gasteiger partial charge in [0, 0.05) is 12.1 Å². The average Bonchev–Trinajstić information content (AvgIpc) is 2.65. The minimum atomic E-state index is -1.09. The van der Waals surface area contributed by atoms with Crippen LogP contribution >= 0.6 is 11.8 Å². The van der Waals surface area contributed by atoms with Gasteiger partial charge in [-0.2, -0.15) is 5.26 Å². The molecular formula is C16H13N3O6S. The summed E-state index contributed by atoms with van der Waals surface area (Å²) in [6.07, 6.45) is 0. The molecule has 134 valence electrons. The SMILES string of the molecule is COC(=O)C1=C(C(=O)OC)C(c2cccc([N+](=O)[O-])c2)C(C#N)=C(N)S1. The highest BCUT2D eigenvalue weighted by atomic mass is 32.2. The molecule has 0 aliphatic carbocycles. The summed E-state index contributed by atoms with van der Waals surface area (Å²) in [7, 11) is 2.25. The molecule has 0 amide bonds. The van der Waals surface area contributed by atoms with Gasteiger partial charge in [-0.3, -0.25) is 10.1 Å². The predicted octanol–water partition coefficient (Wildman–Crippen LogP) is 1.72. The van der Waals surface area contributed by atoms with Gasteiger partial charge in [0.05, 0.1) is 47.3 Å². The van der Waals surface area contributed by atoms with Crippen molar-refractivity contribution in [3.05, 3.63) is 61.0 Å². The number of hydrogen-bond donors (Lipinski definition) is 1. The fraction of sp³-hybridized carbons (Fsp3) is 0.188. The summed E-state index contributed by atoms with van der Waals surface area (Å²) in [6, 6.07) is 7.29. The van der Waals surface area contributed by atoms with Crippen LogP contribution in [0, 0.1) is 21.4 Å². The molecule has 0 bridgehead atoms. The molecule has 9 nitrogen and oxygen atoms in total. The Morgan fingerprint density at radius 2 is 1.96 bits per heavy atom. The number of non-ortho nitro benzene ring substituents is 1. The highest BCUT2D eigenvalue weighted by molar-refractivity contribution is 8.07. The van der Waals surface area contributed by atoms with Gasteiger partial charge in [-0.25, -0.2) is 9.59 Å². The largest absolute Gasteiger partial charge is 0.466 e. The molecule has 1 aromatic rings. The lowest BCUT2D eigenvalue weighted by atomic mass is 9.84. The predicted molar refractivity (Wildman–Crippen MR) is 91.3 cm³/mol. The zero-order chi connectivity index (χ0) is 19.4. The molecule has 0 spiro atoms. The molecule has 0 saturated heterocycles. The number of nitro groups is 1. The first kappa shape index (κ1) is 19.0. The van der Waals surface area contributed by atoms with Crippen molar-refractivity contribution < 1.29 is 24.0 Å². The lowest BCUT2D eigenvalue weighted by Crippen LogP contribution is -2.25. The van der Waals surface area contributed by atoms with Crippen LogP contribution in [0.15, 0.2) is 45.3 Å². The van der Waals surface area contributed by atoms with Gasteiger partial charge in [-0.1, -0.05) is 23.9 Å². The number of nitrogens with two attached hydrogens (primary N) is 1. The van der Waals surface area contributed by atoms with Crippen LogP contribution in [-0.2, 0) is 19.1 Å². The summed E-state index contributed by atoms with van der Waals surface area (Å²) in [4.78, 5) is 34.8. The van der Waals surface area contributed by atoms with E-state index >= 15 is 0 Å². The van der Waals surface area contributed by atoms with E-state index in [0.717, 1.165) is 26.0 Å². The maximum atomic E-state index is 12.4. The Labute approximate surface area is 152 Å². The van der Waals surface area contributed by atoms with Crippen molar-refractivity contribution in [1.82, 2.24) is 0 Å². The highest BCUT2D eigenvalue weighted by Gasteiger charge is 2.39. The number of nitro benzene ring substituents is 1. The zero-order valence-electron chi connectivity index (χ0n) is 13.7. The van der Waals surface area contributed by atoms with Gasteiger partial charge in [0.25, 0.3) is 5.69 Å². The van der Waals surface area contributed by atoms with E-state index in [4.69, 9.17) is 10.5 Å². The van der Waals surface area contributed by atoms with Crippen LogP contribution in [0.4, 0.5) is 5.69 Å². The van der Waals surface area contributed by atoms with E-state index in [-0.39, 0.29) is 32.3 Å². The van der Waals surface area contributed by atoms with Crippen molar-refractivity contribution in [2.45, 2.75) is 5.92 Å². The molecule has 10 heteroatoms. The van der Waals surface area contributed by atoms with Crippen LogP contribution in [0.5, 0.6) is 0 Å². The summed E-state index contributed by atoms with van der Waals surface area (Å²) in [6.45, 7) is 0. The topological polar surface area (TPSA) is 146 Å². The highest BCUT2D eigenvalue weighted by Crippen LogP contribution is 2.46. The molecule has 1 atom stereocenters. The fourth-order valence-electron chi connectivity index (χ4n) is 2.47. The molecule has 0 aromatic heterocycles. The number of carbonyl (C=O) groups is 2. The third-order valence-corrected chi connectivity index (χ3v) is 4.64. The summed E-state index contributed by atoms with van der Waals surface area (Å²) < 4.78 is 9.43. The number of benzene rings is 1. The number of nitrogens with zero attached hydrogens (tertiary/aromatic N) is 2. The molecule has 1 unspecified atom stereocenters. The molecule has 1 heterocycles. The van der Waals surface area contributed by atoms with Gasteiger partial charge in [0.15, 0.2) is 0 Å². The molecule has 0 saturated carbocycles. The van der Waals surface area contributed by atoms with Gasteiger partial charge in [-0.05, 0) is 5.56 Å². The van der Waals surface area contributed by atoms with Crippen LogP contribution < -0.4 is 5.73 Å². The molecule has 1 aliphatic rings. The summed E-state index contributed by atoms with van der Waals surface area (Å²) in [5.41, 5.74) is 5.74. The van der Waals surface area contributed by atoms with E-state index in [1.165, 1.54) is 24.3 Å². The Balaban J connectivity index is 2.79. The maximum absolute atomic E-state index is 12.4. The van der Waals surface area contributed by atoms with Crippen LogP contribution in [0.2, 0.25) is 0 Å². The minimum absolute atomic E-state index is 0.00272. The molecule has 26 heavy (non-hydrogen) atoms.